The molecule has 2 fully saturated rings. The molecule has 0 saturated carbocycles. The molecule has 3 aliphatic rings. The number of piperazine rings is 1. The summed E-state index contributed by atoms with van der Waals surface area (Å²) in [4.78, 5) is 18.0. The zero-order valence-corrected chi connectivity index (χ0v) is 28.6. The Hall–Kier alpha value is -2.81. The number of nitrogens with zero attached hydrogens (tertiary/aromatic N) is 4. The van der Waals surface area contributed by atoms with Gasteiger partial charge in [-0.15, -0.1) is 24.8 Å². The van der Waals surface area contributed by atoms with Gasteiger partial charge in [-0.2, -0.15) is 9.40 Å². The van der Waals surface area contributed by atoms with Gasteiger partial charge >= 0.3 is 0 Å². The summed E-state index contributed by atoms with van der Waals surface area (Å²) in [6.07, 6.45) is 2.19. The molecule has 0 unspecified atom stereocenters. The Morgan fingerprint density at radius 3 is 2.41 bits per heavy atom. The minimum absolute atomic E-state index is 0. The molecular formula is C31H41Cl2F2N7O3S. The van der Waals surface area contributed by atoms with Crippen molar-refractivity contribution >= 4 is 52.0 Å². The minimum atomic E-state index is -4.28. The predicted molar refractivity (Wildman–Crippen MR) is 179 cm³/mol. The number of Topliss-reactive ketones (excluding diaryl/α,β-unsaturated/α-hetero) is 1. The molecule has 4 heterocycles. The van der Waals surface area contributed by atoms with E-state index in [-0.39, 0.29) is 43.6 Å². The van der Waals surface area contributed by atoms with Crippen LogP contribution in [0.4, 0.5) is 20.2 Å². The smallest absolute Gasteiger partial charge is 0.244 e. The molecule has 0 aliphatic carbocycles. The summed E-state index contributed by atoms with van der Waals surface area (Å²) in [5, 5.41) is 14.4. The van der Waals surface area contributed by atoms with Crippen LogP contribution in [0, 0.1) is 11.6 Å². The quantitative estimate of drug-likeness (QED) is 0.283. The van der Waals surface area contributed by atoms with E-state index >= 15 is 0 Å². The van der Waals surface area contributed by atoms with Gasteiger partial charge in [-0.25, -0.2) is 17.2 Å². The number of rotatable bonds is 9. The number of hydrogen-bond donors (Lipinski definition) is 3. The van der Waals surface area contributed by atoms with Crippen molar-refractivity contribution in [2.75, 3.05) is 56.5 Å². The first-order valence-electron chi connectivity index (χ1n) is 15.1. The number of hydrogen-bond acceptors (Lipinski definition) is 8. The molecule has 0 amide bonds. The summed E-state index contributed by atoms with van der Waals surface area (Å²) < 4.78 is 56.2. The molecular weight excluding hydrogens is 659 g/mol. The van der Waals surface area contributed by atoms with E-state index in [1.165, 1.54) is 4.31 Å². The van der Waals surface area contributed by atoms with Gasteiger partial charge in [0.15, 0.2) is 5.78 Å². The number of sulfonamides is 1. The molecule has 46 heavy (non-hydrogen) atoms. The van der Waals surface area contributed by atoms with Gasteiger partial charge in [0.25, 0.3) is 0 Å². The lowest BCUT2D eigenvalue weighted by Gasteiger charge is -2.34. The molecule has 15 heteroatoms. The van der Waals surface area contributed by atoms with Gasteiger partial charge < -0.3 is 20.4 Å². The summed E-state index contributed by atoms with van der Waals surface area (Å²) in [6, 6.07) is 8.50. The fourth-order valence-corrected chi connectivity index (χ4v) is 8.24. The number of fused-ring (bicyclic) bond motifs is 1. The van der Waals surface area contributed by atoms with Crippen LogP contribution in [0.25, 0.3) is 0 Å². The molecule has 252 valence electrons. The lowest BCUT2D eigenvalue weighted by molar-refractivity contribution is 0.0992. The van der Waals surface area contributed by atoms with Crippen LogP contribution in [0.5, 0.6) is 0 Å². The Morgan fingerprint density at radius 1 is 1.07 bits per heavy atom. The van der Waals surface area contributed by atoms with Crippen molar-refractivity contribution < 1.29 is 22.0 Å². The molecule has 6 rings (SSSR count). The van der Waals surface area contributed by atoms with Gasteiger partial charge in [0.1, 0.15) is 11.6 Å². The summed E-state index contributed by atoms with van der Waals surface area (Å²) >= 11 is 0. The first kappa shape index (κ1) is 36.0. The van der Waals surface area contributed by atoms with E-state index < -0.39 is 32.1 Å². The van der Waals surface area contributed by atoms with E-state index in [2.05, 4.69) is 43.7 Å². The topological polar surface area (TPSA) is 114 Å². The highest BCUT2D eigenvalue weighted by Gasteiger charge is 2.48. The Labute approximate surface area is 281 Å². The third-order valence-corrected chi connectivity index (χ3v) is 11.1. The molecule has 0 radical (unpaired) electrons. The normalized spacial score (nSPS) is 19.8. The van der Waals surface area contributed by atoms with E-state index in [1.54, 1.807) is 13.8 Å². The van der Waals surface area contributed by atoms with Crippen LogP contribution in [-0.2, 0) is 28.5 Å². The van der Waals surface area contributed by atoms with Gasteiger partial charge in [0.2, 0.25) is 10.0 Å². The molecule has 1 aromatic heterocycles. The van der Waals surface area contributed by atoms with Crippen molar-refractivity contribution in [1.29, 1.82) is 0 Å². The second-order valence-electron chi connectivity index (χ2n) is 12.5. The zero-order chi connectivity index (χ0) is 31.2. The van der Waals surface area contributed by atoms with Crippen LogP contribution in [0.1, 0.15) is 54.0 Å². The highest BCUT2D eigenvalue weighted by atomic mass is 35.5. The van der Waals surface area contributed by atoms with Gasteiger partial charge in [0, 0.05) is 79.6 Å². The molecule has 3 N–H and O–H groups in total. The Morgan fingerprint density at radius 2 is 1.76 bits per heavy atom. The van der Waals surface area contributed by atoms with Crippen LogP contribution in [-0.4, -0.2) is 86.0 Å². The summed E-state index contributed by atoms with van der Waals surface area (Å²) in [5.41, 5.74) is 2.89. The number of aromatic amines is 1. The number of benzene rings is 2. The molecule has 1 atom stereocenters. The number of likely N-dealkylation sites (N-methyl/N-ethyl adjacent to an activating group) is 1. The van der Waals surface area contributed by atoms with E-state index in [0.29, 0.717) is 41.2 Å². The first-order chi connectivity index (χ1) is 20.9. The van der Waals surface area contributed by atoms with E-state index in [9.17, 15) is 22.0 Å². The fourth-order valence-electron chi connectivity index (χ4n) is 6.48. The molecule has 3 aromatic rings. The molecule has 2 aromatic carbocycles. The van der Waals surface area contributed by atoms with Crippen molar-refractivity contribution in [3.63, 3.8) is 0 Å². The lowest BCUT2D eigenvalue weighted by atomic mass is 9.98. The third kappa shape index (κ3) is 7.04. The third-order valence-electron chi connectivity index (χ3n) is 9.09. The van der Waals surface area contributed by atoms with Gasteiger partial charge in [-0.1, -0.05) is 0 Å². The lowest BCUT2D eigenvalue weighted by Crippen LogP contribution is -2.44. The van der Waals surface area contributed by atoms with Crippen molar-refractivity contribution in [2.45, 2.75) is 56.1 Å². The number of anilines is 2. The Bertz CT molecular complexity index is 1650. The van der Waals surface area contributed by atoms with Crippen molar-refractivity contribution in [3.8, 4) is 0 Å². The number of nitrogens with one attached hydrogen (secondary N) is 3. The molecule has 3 aliphatic heterocycles. The summed E-state index contributed by atoms with van der Waals surface area (Å²) in [5.74, 6) is -2.08. The van der Waals surface area contributed by atoms with Gasteiger partial charge in [-0.05, 0) is 70.6 Å². The number of aromatic nitrogens is 2. The number of carbonyl (C=O) groups excluding carboxylic acids is 1. The Kier molecular flexibility index (Phi) is 11.1. The van der Waals surface area contributed by atoms with Crippen LogP contribution >= 0.6 is 24.8 Å². The molecule has 2 saturated heterocycles. The van der Waals surface area contributed by atoms with Crippen LogP contribution in [0.15, 0.2) is 41.3 Å². The minimum Gasteiger partial charge on any atom is -0.383 e. The standard InChI is InChI=1S/C31H39F2N7O3S.2ClH/c1-31(2)30-26(19-40(31)44(42,43)24-14-20(32)13-21(33)15-24)28(36-37-30)17-29(41)25-7-6-23(39-11-9-38(3)10-12-39)16-27(25)35-18-22-5-4-8-34-22;;/h6-7,13-16,22,34-35H,4-5,8-12,17-19H2,1-3H3,(H,36,37);2*1H/t22-;;/m1../s1. The fraction of sp³-hybridized carbons (Fsp3) is 0.484. The number of H-pyrrole nitrogens is 1. The maximum Gasteiger partial charge on any atom is 0.244 e. The van der Waals surface area contributed by atoms with Crippen LogP contribution < -0.4 is 15.5 Å². The zero-order valence-electron chi connectivity index (χ0n) is 26.1. The van der Waals surface area contributed by atoms with Crippen LogP contribution in [0.2, 0.25) is 0 Å². The molecule has 10 nitrogen and oxygen atoms in total. The van der Waals surface area contributed by atoms with Crippen molar-refractivity contribution in [3.05, 3.63) is 70.5 Å². The monoisotopic (exact) mass is 699 g/mol. The van der Waals surface area contributed by atoms with Crippen molar-refractivity contribution in [2.24, 2.45) is 0 Å². The number of ketones is 1. The Balaban J connectivity index is 0.00000240. The van der Waals surface area contributed by atoms with E-state index in [4.69, 9.17) is 0 Å². The first-order valence-corrected chi connectivity index (χ1v) is 16.5. The number of carbonyl (C=O) groups is 1. The van der Waals surface area contributed by atoms with Gasteiger partial charge in [0.05, 0.1) is 22.5 Å². The average molecular weight is 701 g/mol. The van der Waals surface area contributed by atoms with E-state index in [0.717, 1.165) is 69.1 Å². The highest BCUT2D eigenvalue weighted by molar-refractivity contribution is 7.89. The maximum absolute atomic E-state index is 13.9. The predicted octanol–water partition coefficient (Wildman–Crippen LogP) is 4.31. The second-order valence-corrected chi connectivity index (χ2v) is 14.4. The average Bonchev–Trinajstić information content (AvgIpc) is 3.70. The second kappa shape index (κ2) is 14.1. The SMILES string of the molecule is CN1CCN(c2ccc(C(=O)Cc3[nH]nc4c3CN(S(=O)(=O)c3cc(F)cc(F)c3)C4(C)C)c(NC[C@H]3CCCN3)c2)CC1.Cl.Cl. The van der Waals surface area contributed by atoms with E-state index in [1.807, 2.05) is 12.1 Å². The molecule has 0 spiro atoms. The van der Waals surface area contributed by atoms with Crippen molar-refractivity contribution in [1.82, 2.24) is 24.7 Å². The van der Waals surface area contributed by atoms with Crippen LogP contribution in [0.3, 0.4) is 0 Å². The summed E-state index contributed by atoms with van der Waals surface area (Å²) in [7, 11) is -2.16. The maximum atomic E-state index is 13.9. The van der Waals surface area contributed by atoms with Gasteiger partial charge in [-0.3, -0.25) is 9.89 Å². The highest BCUT2D eigenvalue weighted by Crippen LogP contribution is 2.43. The molecule has 0 bridgehead atoms. The largest absolute Gasteiger partial charge is 0.383 e. The summed E-state index contributed by atoms with van der Waals surface area (Å²) in [6.45, 7) is 8.74. The number of halogens is 4.